The van der Waals surface area contributed by atoms with Crippen molar-refractivity contribution in [2.24, 2.45) is 0 Å². The molecule has 0 atom stereocenters. The van der Waals surface area contributed by atoms with Gasteiger partial charge in [0.2, 0.25) is 11.7 Å². The van der Waals surface area contributed by atoms with Gasteiger partial charge in [-0.2, -0.15) is 4.80 Å². The highest BCUT2D eigenvalue weighted by Gasteiger charge is 2.15. The molecule has 166 valence electrons. The molecule has 9 heteroatoms. The second-order valence-corrected chi connectivity index (χ2v) is 7.24. The summed E-state index contributed by atoms with van der Waals surface area (Å²) in [7, 11) is 0. The van der Waals surface area contributed by atoms with Gasteiger partial charge in [-0.1, -0.05) is 54.6 Å². The number of hydrogen-bond donors (Lipinski definition) is 2. The maximum atomic E-state index is 13.4. The molecular weight excluding hydrogens is 423 g/mol. The molecule has 2 amide bonds. The minimum Gasteiger partial charge on any atom is -0.352 e. The molecule has 0 bridgehead atoms. The number of anilines is 1. The number of carbonyl (C=O) groups excluding carboxylic acids is 2. The normalized spacial score (nSPS) is 10.6. The van der Waals surface area contributed by atoms with Crippen molar-refractivity contribution in [3.05, 3.63) is 95.8 Å². The summed E-state index contributed by atoms with van der Waals surface area (Å²) in [5.41, 5.74) is 2.31. The van der Waals surface area contributed by atoms with E-state index >= 15 is 0 Å². The van der Waals surface area contributed by atoms with Gasteiger partial charge in [0.15, 0.2) is 0 Å². The standard InChI is InChI=1S/C24H21FN6O2/c25-19-10-6-9-18(15-19)23-28-30-31(29-23)16-22(32)27-21-12-5-4-11-20(21)24(33)26-14-13-17-7-2-1-3-8-17/h1-12,15H,13-14,16H2,(H,26,33)(H,27,32). The van der Waals surface area contributed by atoms with Gasteiger partial charge in [0.25, 0.3) is 5.91 Å². The van der Waals surface area contributed by atoms with Crippen LogP contribution in [-0.4, -0.2) is 38.6 Å². The van der Waals surface area contributed by atoms with Crippen LogP contribution in [0.15, 0.2) is 78.9 Å². The molecule has 0 saturated heterocycles. The van der Waals surface area contributed by atoms with E-state index in [-0.39, 0.29) is 18.3 Å². The maximum Gasteiger partial charge on any atom is 0.253 e. The van der Waals surface area contributed by atoms with E-state index in [0.717, 1.165) is 10.4 Å². The first-order chi connectivity index (χ1) is 16.1. The molecular formula is C24H21FN6O2. The predicted molar refractivity (Wildman–Crippen MR) is 121 cm³/mol. The van der Waals surface area contributed by atoms with Gasteiger partial charge >= 0.3 is 0 Å². The Morgan fingerprint density at radius 2 is 1.73 bits per heavy atom. The number of aromatic nitrogens is 4. The number of carbonyl (C=O) groups is 2. The van der Waals surface area contributed by atoms with Gasteiger partial charge in [-0.15, -0.1) is 10.2 Å². The highest BCUT2D eigenvalue weighted by atomic mass is 19.1. The summed E-state index contributed by atoms with van der Waals surface area (Å²) in [6, 6.07) is 22.4. The number of amides is 2. The Balaban J connectivity index is 1.36. The average molecular weight is 444 g/mol. The Morgan fingerprint density at radius 1 is 0.939 bits per heavy atom. The van der Waals surface area contributed by atoms with Crippen molar-refractivity contribution in [1.82, 2.24) is 25.5 Å². The molecule has 0 aliphatic heterocycles. The quantitative estimate of drug-likeness (QED) is 0.435. The van der Waals surface area contributed by atoms with Crippen molar-refractivity contribution >= 4 is 17.5 Å². The number of halogens is 1. The molecule has 0 fully saturated rings. The Labute approximate surface area is 189 Å². The predicted octanol–water partition coefficient (Wildman–Crippen LogP) is 3.09. The zero-order chi connectivity index (χ0) is 23.0. The summed E-state index contributed by atoms with van der Waals surface area (Å²) in [6.45, 7) is 0.253. The van der Waals surface area contributed by atoms with E-state index in [1.165, 1.54) is 12.1 Å². The summed E-state index contributed by atoms with van der Waals surface area (Å²) >= 11 is 0. The number of benzene rings is 3. The minimum absolute atomic E-state index is 0.209. The molecule has 4 aromatic rings. The molecule has 1 aromatic heterocycles. The van der Waals surface area contributed by atoms with Crippen LogP contribution in [0.5, 0.6) is 0 Å². The molecule has 0 radical (unpaired) electrons. The van der Waals surface area contributed by atoms with Crippen LogP contribution in [0.25, 0.3) is 11.4 Å². The molecule has 0 spiro atoms. The second-order valence-electron chi connectivity index (χ2n) is 7.24. The van der Waals surface area contributed by atoms with Crippen LogP contribution in [0.2, 0.25) is 0 Å². The third-order valence-electron chi connectivity index (χ3n) is 4.81. The lowest BCUT2D eigenvalue weighted by atomic mass is 10.1. The Bertz CT molecular complexity index is 1260. The average Bonchev–Trinajstić information content (AvgIpc) is 3.28. The number of hydrogen-bond acceptors (Lipinski definition) is 5. The Morgan fingerprint density at radius 3 is 2.55 bits per heavy atom. The van der Waals surface area contributed by atoms with E-state index < -0.39 is 11.7 Å². The van der Waals surface area contributed by atoms with Gasteiger partial charge in [-0.25, -0.2) is 4.39 Å². The van der Waals surface area contributed by atoms with Crippen LogP contribution < -0.4 is 10.6 Å². The van der Waals surface area contributed by atoms with Crippen LogP contribution in [0.3, 0.4) is 0 Å². The summed E-state index contributed by atoms with van der Waals surface area (Å²) in [5, 5.41) is 17.4. The van der Waals surface area contributed by atoms with Crippen LogP contribution in [0.4, 0.5) is 10.1 Å². The molecule has 0 aliphatic carbocycles. The second kappa shape index (κ2) is 10.3. The molecule has 0 unspecified atom stereocenters. The van der Waals surface area contributed by atoms with Crippen molar-refractivity contribution in [2.75, 3.05) is 11.9 Å². The summed E-state index contributed by atoms with van der Waals surface area (Å²) in [5.74, 6) is -0.919. The third-order valence-corrected chi connectivity index (χ3v) is 4.81. The van der Waals surface area contributed by atoms with E-state index in [2.05, 4.69) is 26.0 Å². The molecule has 0 aliphatic rings. The van der Waals surface area contributed by atoms with E-state index in [9.17, 15) is 14.0 Å². The minimum atomic E-state index is -0.428. The molecule has 1 heterocycles. The van der Waals surface area contributed by atoms with Gasteiger partial charge in [0.05, 0.1) is 11.3 Å². The van der Waals surface area contributed by atoms with Gasteiger partial charge < -0.3 is 10.6 Å². The lowest BCUT2D eigenvalue weighted by Gasteiger charge is -2.11. The van der Waals surface area contributed by atoms with E-state index in [0.29, 0.717) is 29.8 Å². The van der Waals surface area contributed by atoms with Crippen molar-refractivity contribution in [1.29, 1.82) is 0 Å². The largest absolute Gasteiger partial charge is 0.352 e. The summed E-state index contributed by atoms with van der Waals surface area (Å²) < 4.78 is 13.4. The van der Waals surface area contributed by atoms with Gasteiger partial charge in [-0.3, -0.25) is 9.59 Å². The van der Waals surface area contributed by atoms with E-state index in [4.69, 9.17) is 0 Å². The number of rotatable bonds is 8. The zero-order valence-electron chi connectivity index (χ0n) is 17.6. The Hall–Kier alpha value is -4.40. The smallest absolute Gasteiger partial charge is 0.253 e. The fourth-order valence-electron chi connectivity index (χ4n) is 3.22. The number of nitrogens with zero attached hydrogens (tertiary/aromatic N) is 4. The lowest BCUT2D eigenvalue weighted by molar-refractivity contribution is -0.117. The molecule has 2 N–H and O–H groups in total. The van der Waals surface area contributed by atoms with Crippen molar-refractivity contribution in [2.45, 2.75) is 13.0 Å². The van der Waals surface area contributed by atoms with E-state index in [1.54, 1.807) is 36.4 Å². The highest BCUT2D eigenvalue weighted by Crippen LogP contribution is 2.16. The summed E-state index contributed by atoms with van der Waals surface area (Å²) in [6.07, 6.45) is 0.701. The Kier molecular flexibility index (Phi) is 6.79. The molecule has 33 heavy (non-hydrogen) atoms. The molecule has 0 saturated carbocycles. The maximum absolute atomic E-state index is 13.4. The number of nitrogens with one attached hydrogen (secondary N) is 2. The van der Waals surface area contributed by atoms with Crippen LogP contribution in [0.1, 0.15) is 15.9 Å². The third kappa shape index (κ3) is 5.85. The van der Waals surface area contributed by atoms with Crippen molar-refractivity contribution < 1.29 is 14.0 Å². The molecule has 3 aromatic carbocycles. The number of tetrazole rings is 1. The van der Waals surface area contributed by atoms with Crippen LogP contribution in [-0.2, 0) is 17.8 Å². The first kappa shape index (κ1) is 21.8. The van der Waals surface area contributed by atoms with E-state index in [1.807, 2.05) is 30.3 Å². The highest BCUT2D eigenvalue weighted by molar-refractivity contribution is 6.03. The molecule has 4 rings (SSSR count). The monoisotopic (exact) mass is 444 g/mol. The van der Waals surface area contributed by atoms with Gasteiger partial charge in [0, 0.05) is 12.1 Å². The van der Waals surface area contributed by atoms with Crippen molar-refractivity contribution in [3.63, 3.8) is 0 Å². The van der Waals surface area contributed by atoms with Gasteiger partial charge in [-0.05, 0) is 41.5 Å². The fraction of sp³-hybridized carbons (Fsp3) is 0.125. The zero-order valence-corrected chi connectivity index (χ0v) is 17.6. The number of para-hydroxylation sites is 1. The van der Waals surface area contributed by atoms with Crippen LogP contribution >= 0.6 is 0 Å². The SMILES string of the molecule is O=C(Cn1nnc(-c2cccc(F)c2)n1)Nc1ccccc1C(=O)NCCc1ccccc1. The first-order valence-corrected chi connectivity index (χ1v) is 10.3. The summed E-state index contributed by atoms with van der Waals surface area (Å²) in [4.78, 5) is 26.3. The fourth-order valence-corrected chi connectivity index (χ4v) is 3.22. The lowest BCUT2D eigenvalue weighted by Crippen LogP contribution is -2.28. The van der Waals surface area contributed by atoms with Gasteiger partial charge in [0.1, 0.15) is 12.4 Å². The first-order valence-electron chi connectivity index (χ1n) is 10.3. The van der Waals surface area contributed by atoms with Crippen molar-refractivity contribution in [3.8, 4) is 11.4 Å². The van der Waals surface area contributed by atoms with Crippen LogP contribution in [0, 0.1) is 5.82 Å². The topological polar surface area (TPSA) is 102 Å². The molecule has 8 nitrogen and oxygen atoms in total.